The van der Waals surface area contributed by atoms with Crippen molar-refractivity contribution in [2.45, 2.75) is 25.7 Å². The van der Waals surface area contributed by atoms with Crippen molar-refractivity contribution >= 4 is 16.1 Å². The summed E-state index contributed by atoms with van der Waals surface area (Å²) in [5.41, 5.74) is 0. The highest BCUT2D eigenvalue weighted by Gasteiger charge is 2.17. The van der Waals surface area contributed by atoms with Crippen LogP contribution in [-0.2, 0) is 10.0 Å². The van der Waals surface area contributed by atoms with Crippen molar-refractivity contribution in [3.63, 3.8) is 0 Å². The highest BCUT2D eigenvalue weighted by molar-refractivity contribution is 7.89. The van der Waals surface area contributed by atoms with Gasteiger partial charge in [-0.3, -0.25) is 0 Å². The molecule has 1 aliphatic heterocycles. The molecule has 18 heavy (non-hydrogen) atoms. The summed E-state index contributed by atoms with van der Waals surface area (Å²) in [4.78, 5) is 13.6. The number of urea groups is 1. The van der Waals surface area contributed by atoms with Crippen molar-refractivity contribution in [3.8, 4) is 0 Å². The van der Waals surface area contributed by atoms with Crippen LogP contribution in [0.15, 0.2) is 0 Å². The van der Waals surface area contributed by atoms with Crippen LogP contribution in [0.4, 0.5) is 4.79 Å². The van der Waals surface area contributed by atoms with Gasteiger partial charge in [0.05, 0.1) is 5.75 Å². The van der Waals surface area contributed by atoms with Gasteiger partial charge in [0.25, 0.3) is 0 Å². The zero-order valence-electron chi connectivity index (χ0n) is 11.2. The van der Waals surface area contributed by atoms with Crippen LogP contribution < -0.4 is 5.32 Å². The van der Waals surface area contributed by atoms with E-state index in [1.54, 1.807) is 4.90 Å². The van der Waals surface area contributed by atoms with Gasteiger partial charge in [-0.15, -0.1) is 0 Å². The molecule has 1 heterocycles. The fourth-order valence-electron chi connectivity index (χ4n) is 1.86. The van der Waals surface area contributed by atoms with E-state index < -0.39 is 10.0 Å². The molecule has 0 saturated carbocycles. The average molecular weight is 277 g/mol. The highest BCUT2D eigenvalue weighted by atomic mass is 32.2. The summed E-state index contributed by atoms with van der Waals surface area (Å²) in [6.07, 6.45) is 4.39. The summed E-state index contributed by atoms with van der Waals surface area (Å²) in [7, 11) is -0.248. The second-order valence-corrected chi connectivity index (χ2v) is 7.03. The zero-order chi connectivity index (χ0) is 13.6. The molecule has 1 rings (SSSR count). The van der Waals surface area contributed by atoms with Gasteiger partial charge in [0.2, 0.25) is 10.0 Å². The molecule has 106 valence electrons. The number of carbonyl (C=O) groups excluding carboxylic acids is 1. The number of nitrogens with one attached hydrogen (secondary N) is 1. The number of nitrogens with zero attached hydrogens (tertiary/aromatic N) is 2. The number of hydrogen-bond acceptors (Lipinski definition) is 3. The van der Waals surface area contributed by atoms with E-state index in [1.165, 1.54) is 31.2 Å². The lowest BCUT2D eigenvalue weighted by Gasteiger charge is -2.21. The summed E-state index contributed by atoms with van der Waals surface area (Å²) in [6.45, 7) is 1.70. The van der Waals surface area contributed by atoms with Crippen LogP contribution in [0.5, 0.6) is 0 Å². The standard InChI is InChI=1S/C11H23N3O3S/c1-13(2)18(16,17)10-7-12-11(15)14-8-5-3-4-6-9-14/h3-10H2,1-2H3,(H,12,15). The zero-order valence-corrected chi connectivity index (χ0v) is 12.0. The smallest absolute Gasteiger partial charge is 0.317 e. The van der Waals surface area contributed by atoms with Crippen LogP contribution in [0.3, 0.4) is 0 Å². The third kappa shape index (κ3) is 4.81. The Labute approximate surface area is 109 Å². The lowest BCUT2D eigenvalue weighted by molar-refractivity contribution is 0.200. The average Bonchev–Trinajstić information content (AvgIpc) is 2.56. The van der Waals surface area contributed by atoms with Crippen molar-refractivity contribution in [2.75, 3.05) is 39.5 Å². The minimum absolute atomic E-state index is 0.0560. The van der Waals surface area contributed by atoms with Gasteiger partial charge >= 0.3 is 6.03 Å². The maximum Gasteiger partial charge on any atom is 0.317 e. The molecule has 2 amide bonds. The first-order chi connectivity index (χ1) is 8.43. The van der Waals surface area contributed by atoms with Gasteiger partial charge in [-0.2, -0.15) is 0 Å². The fraction of sp³-hybridized carbons (Fsp3) is 0.909. The Kier molecular flexibility index (Phi) is 5.87. The number of amides is 2. The molecule has 0 atom stereocenters. The van der Waals surface area contributed by atoms with Crippen molar-refractivity contribution in [2.24, 2.45) is 0 Å². The molecule has 7 heteroatoms. The predicted molar refractivity (Wildman–Crippen MR) is 70.9 cm³/mol. The van der Waals surface area contributed by atoms with Gasteiger partial charge in [0.15, 0.2) is 0 Å². The largest absolute Gasteiger partial charge is 0.337 e. The molecule has 6 nitrogen and oxygen atoms in total. The highest BCUT2D eigenvalue weighted by Crippen LogP contribution is 2.09. The Morgan fingerprint density at radius 3 is 2.22 bits per heavy atom. The second-order valence-electron chi connectivity index (χ2n) is 4.73. The number of sulfonamides is 1. The normalized spacial score (nSPS) is 17.6. The summed E-state index contributed by atoms with van der Waals surface area (Å²) in [5, 5.41) is 2.67. The van der Waals surface area contributed by atoms with Gasteiger partial charge in [0.1, 0.15) is 0 Å². The Morgan fingerprint density at radius 1 is 1.17 bits per heavy atom. The van der Waals surface area contributed by atoms with Gasteiger partial charge in [0, 0.05) is 33.7 Å². The summed E-state index contributed by atoms with van der Waals surface area (Å²) in [6, 6.07) is -0.147. The summed E-state index contributed by atoms with van der Waals surface area (Å²) in [5.74, 6) is -0.0560. The SMILES string of the molecule is CN(C)S(=O)(=O)CCNC(=O)N1CCCCCC1. The molecule has 0 radical (unpaired) electrons. The third-order valence-electron chi connectivity index (χ3n) is 3.09. The lowest BCUT2D eigenvalue weighted by Crippen LogP contribution is -2.43. The molecular weight excluding hydrogens is 254 g/mol. The van der Waals surface area contributed by atoms with Crippen LogP contribution in [0, 0.1) is 0 Å². The van der Waals surface area contributed by atoms with Gasteiger partial charge in [-0.25, -0.2) is 17.5 Å². The van der Waals surface area contributed by atoms with Gasteiger partial charge in [-0.05, 0) is 12.8 Å². The van der Waals surface area contributed by atoms with Crippen molar-refractivity contribution in [1.29, 1.82) is 0 Å². The summed E-state index contributed by atoms with van der Waals surface area (Å²) < 4.78 is 24.2. The Balaban J connectivity index is 2.32. The number of rotatable bonds is 4. The third-order valence-corrected chi connectivity index (χ3v) is 4.92. The van der Waals surface area contributed by atoms with Crippen LogP contribution in [0.1, 0.15) is 25.7 Å². The molecule has 0 aromatic heterocycles. The molecule has 0 aromatic rings. The van der Waals surface area contributed by atoms with Crippen molar-refractivity contribution < 1.29 is 13.2 Å². The van der Waals surface area contributed by atoms with E-state index in [4.69, 9.17) is 0 Å². The van der Waals surface area contributed by atoms with E-state index in [9.17, 15) is 13.2 Å². The minimum Gasteiger partial charge on any atom is -0.337 e. The Hall–Kier alpha value is -0.820. The van der Waals surface area contributed by atoms with E-state index in [2.05, 4.69) is 5.32 Å². The molecule has 0 bridgehead atoms. The molecular formula is C11H23N3O3S. The number of likely N-dealkylation sites (tertiary alicyclic amines) is 1. The molecule has 1 N–H and O–H groups in total. The van der Waals surface area contributed by atoms with Crippen molar-refractivity contribution in [3.05, 3.63) is 0 Å². The van der Waals surface area contributed by atoms with Crippen LogP contribution in [0.25, 0.3) is 0 Å². The topological polar surface area (TPSA) is 69.7 Å². The maximum absolute atomic E-state index is 11.8. The first-order valence-corrected chi connectivity index (χ1v) is 7.97. The Morgan fingerprint density at radius 2 is 1.72 bits per heavy atom. The van der Waals surface area contributed by atoms with E-state index in [0.717, 1.165) is 25.9 Å². The molecule has 0 aromatic carbocycles. The Bertz CT molecular complexity index is 360. The molecule has 1 aliphatic rings. The number of hydrogen-bond donors (Lipinski definition) is 1. The fourth-order valence-corrected chi connectivity index (χ4v) is 2.58. The lowest BCUT2D eigenvalue weighted by atomic mass is 10.2. The second kappa shape index (κ2) is 6.94. The predicted octanol–water partition coefficient (Wildman–Crippen LogP) is 0.463. The first kappa shape index (κ1) is 15.2. The van der Waals surface area contributed by atoms with Crippen LogP contribution >= 0.6 is 0 Å². The van der Waals surface area contributed by atoms with Crippen molar-refractivity contribution in [1.82, 2.24) is 14.5 Å². The first-order valence-electron chi connectivity index (χ1n) is 6.36. The summed E-state index contributed by atoms with van der Waals surface area (Å²) >= 11 is 0. The minimum atomic E-state index is -3.23. The quantitative estimate of drug-likeness (QED) is 0.812. The monoisotopic (exact) mass is 277 g/mol. The van der Waals surface area contributed by atoms with E-state index in [1.807, 2.05) is 0 Å². The number of carbonyl (C=O) groups is 1. The van der Waals surface area contributed by atoms with E-state index in [-0.39, 0.29) is 18.3 Å². The van der Waals surface area contributed by atoms with Gasteiger partial charge < -0.3 is 10.2 Å². The van der Waals surface area contributed by atoms with E-state index in [0.29, 0.717) is 0 Å². The molecule has 0 unspecified atom stereocenters. The molecule has 1 fully saturated rings. The van der Waals surface area contributed by atoms with Gasteiger partial charge in [-0.1, -0.05) is 12.8 Å². The molecule has 0 spiro atoms. The van der Waals surface area contributed by atoms with Crippen LogP contribution in [0.2, 0.25) is 0 Å². The van der Waals surface area contributed by atoms with Crippen LogP contribution in [-0.4, -0.2) is 63.1 Å². The maximum atomic E-state index is 11.8. The molecule has 1 saturated heterocycles. The van der Waals surface area contributed by atoms with E-state index >= 15 is 0 Å². The molecule has 0 aliphatic carbocycles.